The molecular weight excluding hydrogens is 342 g/mol. The van der Waals surface area contributed by atoms with Gasteiger partial charge in [0.05, 0.1) is 5.69 Å². The molecular formula is C19H25N7O. The lowest BCUT2D eigenvalue weighted by Gasteiger charge is -2.11. The van der Waals surface area contributed by atoms with Gasteiger partial charge < -0.3 is 15.2 Å². The van der Waals surface area contributed by atoms with Crippen molar-refractivity contribution in [2.45, 2.75) is 26.2 Å². The summed E-state index contributed by atoms with van der Waals surface area (Å²) in [7, 11) is 1.77. The van der Waals surface area contributed by atoms with Gasteiger partial charge >= 0.3 is 0 Å². The van der Waals surface area contributed by atoms with Gasteiger partial charge in [-0.05, 0) is 43.5 Å². The standard InChI is InChI=1S/C19H25N7O/c1-15-24-18(27-25-15)5-3-11-21-19(20-2)22-13-10-16-6-8-17(9-7-16)26-14-4-12-23-26/h4,6-9,12,14H,3,5,10-11,13H2,1-2H3,(H2,20,21,22). The predicted octanol–water partition coefficient (Wildman–Crippen LogP) is 1.90. The highest BCUT2D eigenvalue weighted by Crippen LogP contribution is 2.08. The summed E-state index contributed by atoms with van der Waals surface area (Å²) < 4.78 is 6.95. The summed E-state index contributed by atoms with van der Waals surface area (Å²) in [5.74, 6) is 2.15. The van der Waals surface area contributed by atoms with E-state index in [2.05, 4.69) is 55.1 Å². The highest BCUT2D eigenvalue weighted by atomic mass is 16.5. The minimum Gasteiger partial charge on any atom is -0.356 e. The van der Waals surface area contributed by atoms with E-state index in [1.54, 1.807) is 13.2 Å². The molecule has 0 saturated carbocycles. The van der Waals surface area contributed by atoms with E-state index in [1.807, 2.05) is 23.9 Å². The van der Waals surface area contributed by atoms with Crippen molar-refractivity contribution < 1.29 is 4.52 Å². The number of nitrogens with zero attached hydrogens (tertiary/aromatic N) is 5. The molecule has 0 spiro atoms. The Morgan fingerprint density at radius 1 is 1.15 bits per heavy atom. The minimum absolute atomic E-state index is 0.674. The Hall–Kier alpha value is -3.16. The maximum atomic E-state index is 5.10. The van der Waals surface area contributed by atoms with Crippen molar-refractivity contribution in [2.24, 2.45) is 4.99 Å². The fraction of sp³-hybridized carbons (Fsp3) is 0.368. The molecule has 1 aromatic carbocycles. The molecule has 8 nitrogen and oxygen atoms in total. The third-order valence-corrected chi connectivity index (χ3v) is 4.06. The molecule has 3 rings (SSSR count). The SMILES string of the molecule is CN=C(NCCCc1nc(C)no1)NCCc1ccc(-n2cccn2)cc1. The van der Waals surface area contributed by atoms with Crippen LogP contribution in [-0.2, 0) is 12.8 Å². The van der Waals surface area contributed by atoms with E-state index in [1.165, 1.54) is 5.56 Å². The normalized spacial score (nSPS) is 11.6. The van der Waals surface area contributed by atoms with Gasteiger partial charge in [-0.15, -0.1) is 0 Å². The molecule has 0 unspecified atom stereocenters. The summed E-state index contributed by atoms with van der Waals surface area (Å²) in [5, 5.41) is 14.7. The van der Waals surface area contributed by atoms with E-state index in [0.717, 1.165) is 44.0 Å². The number of hydrogen-bond acceptors (Lipinski definition) is 5. The molecule has 27 heavy (non-hydrogen) atoms. The van der Waals surface area contributed by atoms with Crippen molar-refractivity contribution in [2.75, 3.05) is 20.1 Å². The smallest absolute Gasteiger partial charge is 0.226 e. The van der Waals surface area contributed by atoms with Crippen LogP contribution in [0.25, 0.3) is 5.69 Å². The molecule has 2 N–H and O–H groups in total. The Morgan fingerprint density at radius 2 is 1.96 bits per heavy atom. The van der Waals surface area contributed by atoms with Crippen molar-refractivity contribution in [3.05, 3.63) is 60.0 Å². The maximum Gasteiger partial charge on any atom is 0.226 e. The fourth-order valence-corrected chi connectivity index (χ4v) is 2.67. The summed E-state index contributed by atoms with van der Waals surface area (Å²) >= 11 is 0. The summed E-state index contributed by atoms with van der Waals surface area (Å²) in [6.07, 6.45) is 6.29. The van der Waals surface area contributed by atoms with E-state index in [9.17, 15) is 0 Å². The largest absolute Gasteiger partial charge is 0.356 e. The first kappa shape index (κ1) is 18.6. The summed E-state index contributed by atoms with van der Waals surface area (Å²) in [5.41, 5.74) is 2.33. The second-order valence-corrected chi connectivity index (χ2v) is 6.13. The molecule has 0 atom stereocenters. The van der Waals surface area contributed by atoms with Gasteiger partial charge in [0.1, 0.15) is 0 Å². The fourth-order valence-electron chi connectivity index (χ4n) is 2.67. The number of benzene rings is 1. The topological polar surface area (TPSA) is 93.2 Å². The van der Waals surface area contributed by atoms with Crippen LogP contribution in [0, 0.1) is 6.92 Å². The molecule has 0 radical (unpaired) electrons. The molecule has 2 aromatic heterocycles. The van der Waals surface area contributed by atoms with Gasteiger partial charge in [0.25, 0.3) is 0 Å². The number of hydrogen-bond donors (Lipinski definition) is 2. The highest BCUT2D eigenvalue weighted by Gasteiger charge is 2.03. The molecule has 142 valence electrons. The van der Waals surface area contributed by atoms with Gasteiger partial charge in [0.2, 0.25) is 5.89 Å². The monoisotopic (exact) mass is 367 g/mol. The van der Waals surface area contributed by atoms with E-state index in [-0.39, 0.29) is 0 Å². The van der Waals surface area contributed by atoms with Crippen molar-refractivity contribution in [1.29, 1.82) is 0 Å². The zero-order chi connectivity index (χ0) is 18.9. The Balaban J connectivity index is 1.35. The van der Waals surface area contributed by atoms with Crippen molar-refractivity contribution in [3.8, 4) is 5.69 Å². The zero-order valence-corrected chi connectivity index (χ0v) is 15.7. The molecule has 0 amide bonds. The van der Waals surface area contributed by atoms with E-state index < -0.39 is 0 Å². The Morgan fingerprint density at radius 3 is 2.63 bits per heavy atom. The number of rotatable bonds is 8. The molecule has 0 aliphatic carbocycles. The minimum atomic E-state index is 0.674. The summed E-state index contributed by atoms with van der Waals surface area (Å²) in [6.45, 7) is 3.42. The van der Waals surface area contributed by atoms with Crippen LogP contribution in [0.1, 0.15) is 23.7 Å². The average molecular weight is 367 g/mol. The third kappa shape index (κ3) is 5.67. The van der Waals surface area contributed by atoms with Crippen LogP contribution in [-0.4, -0.2) is 46.0 Å². The van der Waals surface area contributed by atoms with Crippen LogP contribution in [0.3, 0.4) is 0 Å². The van der Waals surface area contributed by atoms with E-state index >= 15 is 0 Å². The van der Waals surface area contributed by atoms with Crippen LogP contribution >= 0.6 is 0 Å². The number of nitrogens with one attached hydrogen (secondary N) is 2. The second-order valence-electron chi connectivity index (χ2n) is 6.13. The van der Waals surface area contributed by atoms with Crippen LogP contribution in [0.5, 0.6) is 0 Å². The lowest BCUT2D eigenvalue weighted by molar-refractivity contribution is 0.372. The molecule has 0 saturated heterocycles. The van der Waals surface area contributed by atoms with E-state index in [0.29, 0.717) is 11.7 Å². The zero-order valence-electron chi connectivity index (χ0n) is 15.7. The Kier molecular flexibility index (Phi) is 6.56. The van der Waals surface area contributed by atoms with Crippen molar-refractivity contribution in [1.82, 2.24) is 30.6 Å². The average Bonchev–Trinajstić information content (AvgIpc) is 3.36. The molecule has 3 aromatic rings. The molecule has 0 bridgehead atoms. The highest BCUT2D eigenvalue weighted by molar-refractivity contribution is 5.79. The molecule has 0 fully saturated rings. The van der Waals surface area contributed by atoms with Crippen LogP contribution < -0.4 is 10.6 Å². The van der Waals surface area contributed by atoms with Gasteiger partial charge in [-0.3, -0.25) is 4.99 Å². The number of aromatic nitrogens is 4. The van der Waals surface area contributed by atoms with Gasteiger partial charge in [-0.1, -0.05) is 17.3 Å². The summed E-state index contributed by atoms with van der Waals surface area (Å²) in [4.78, 5) is 8.44. The number of aliphatic imine (C=N–C) groups is 1. The van der Waals surface area contributed by atoms with Gasteiger partial charge in [-0.25, -0.2) is 4.68 Å². The third-order valence-electron chi connectivity index (χ3n) is 4.06. The van der Waals surface area contributed by atoms with Crippen molar-refractivity contribution in [3.63, 3.8) is 0 Å². The molecule has 0 aliphatic rings. The van der Waals surface area contributed by atoms with Gasteiger partial charge in [-0.2, -0.15) is 10.1 Å². The van der Waals surface area contributed by atoms with Gasteiger partial charge in [0.15, 0.2) is 11.8 Å². The number of guanidine groups is 1. The molecule has 8 heteroatoms. The van der Waals surface area contributed by atoms with Gasteiger partial charge in [0, 0.05) is 39.0 Å². The first-order valence-electron chi connectivity index (χ1n) is 9.07. The first-order chi connectivity index (χ1) is 13.2. The number of aryl methyl sites for hydroxylation is 2. The quantitative estimate of drug-likeness (QED) is 0.359. The van der Waals surface area contributed by atoms with Crippen LogP contribution in [0.15, 0.2) is 52.2 Å². The Labute approximate surface area is 158 Å². The maximum absolute atomic E-state index is 5.10. The lowest BCUT2D eigenvalue weighted by Crippen LogP contribution is -2.38. The van der Waals surface area contributed by atoms with Crippen molar-refractivity contribution >= 4 is 5.96 Å². The first-order valence-corrected chi connectivity index (χ1v) is 9.07. The predicted molar refractivity (Wildman–Crippen MR) is 104 cm³/mol. The summed E-state index contributed by atoms with van der Waals surface area (Å²) in [6, 6.07) is 10.3. The van der Waals surface area contributed by atoms with E-state index in [4.69, 9.17) is 4.52 Å². The molecule has 2 heterocycles. The lowest BCUT2D eigenvalue weighted by atomic mass is 10.1. The molecule has 0 aliphatic heterocycles. The second kappa shape index (κ2) is 9.51. The van der Waals surface area contributed by atoms with Crippen LogP contribution in [0.2, 0.25) is 0 Å². The van der Waals surface area contributed by atoms with Crippen LogP contribution in [0.4, 0.5) is 0 Å². The Bertz CT molecular complexity index is 837.